The zero-order valence-corrected chi connectivity index (χ0v) is 10.5. The largest absolute Gasteiger partial charge is 0.378 e. The average molecular weight is 201 g/mol. The van der Waals surface area contributed by atoms with E-state index in [1.165, 1.54) is 6.42 Å². The monoisotopic (exact) mass is 201 g/mol. The number of aliphatic hydroxyl groups excluding tert-OH is 1. The second-order valence-corrected chi connectivity index (χ2v) is 4.36. The Morgan fingerprint density at radius 2 is 1.57 bits per heavy atom. The van der Waals surface area contributed by atoms with Crippen LogP contribution in [0.15, 0.2) is 0 Å². The Morgan fingerprint density at radius 1 is 1.00 bits per heavy atom. The van der Waals surface area contributed by atoms with Crippen molar-refractivity contribution in [2.75, 3.05) is 6.54 Å². The van der Waals surface area contributed by atoms with E-state index in [-0.39, 0.29) is 6.23 Å². The van der Waals surface area contributed by atoms with E-state index in [1.54, 1.807) is 0 Å². The van der Waals surface area contributed by atoms with Crippen LogP contribution < -0.4 is 0 Å². The first-order valence-electron chi connectivity index (χ1n) is 6.00. The van der Waals surface area contributed by atoms with Crippen molar-refractivity contribution in [2.45, 2.75) is 66.2 Å². The molecular formula is C12H27NO. The lowest BCUT2D eigenvalue weighted by atomic mass is 10.1. The van der Waals surface area contributed by atoms with E-state index in [0.29, 0.717) is 12.0 Å². The van der Waals surface area contributed by atoms with E-state index in [1.807, 2.05) is 6.92 Å². The molecule has 2 nitrogen and oxygen atoms in total. The lowest BCUT2D eigenvalue weighted by Crippen LogP contribution is -2.43. The van der Waals surface area contributed by atoms with Crippen molar-refractivity contribution in [3.63, 3.8) is 0 Å². The normalized spacial score (nSPS) is 18.2. The van der Waals surface area contributed by atoms with Crippen LogP contribution in [0.3, 0.4) is 0 Å². The SMILES string of the molecule is CCC(C)N(C[C@H](C)CC)C(O)CC. The molecule has 0 spiro atoms. The summed E-state index contributed by atoms with van der Waals surface area (Å²) in [6.45, 7) is 11.9. The molecule has 0 fully saturated rings. The minimum Gasteiger partial charge on any atom is -0.378 e. The first-order valence-corrected chi connectivity index (χ1v) is 6.00. The summed E-state index contributed by atoms with van der Waals surface area (Å²) < 4.78 is 0. The highest BCUT2D eigenvalue weighted by atomic mass is 16.3. The third-order valence-electron chi connectivity index (χ3n) is 3.12. The molecule has 14 heavy (non-hydrogen) atoms. The molecule has 0 heterocycles. The molecule has 86 valence electrons. The van der Waals surface area contributed by atoms with Crippen LogP contribution >= 0.6 is 0 Å². The van der Waals surface area contributed by atoms with Gasteiger partial charge in [-0.05, 0) is 25.7 Å². The van der Waals surface area contributed by atoms with Crippen LogP contribution in [0.4, 0.5) is 0 Å². The summed E-state index contributed by atoms with van der Waals surface area (Å²) in [6, 6.07) is 0.485. The first-order chi connectivity index (χ1) is 6.56. The fourth-order valence-corrected chi connectivity index (χ4v) is 1.55. The highest BCUT2D eigenvalue weighted by Crippen LogP contribution is 2.14. The van der Waals surface area contributed by atoms with Crippen LogP contribution in [0.1, 0.15) is 53.9 Å². The van der Waals surface area contributed by atoms with Gasteiger partial charge in [0.2, 0.25) is 0 Å². The van der Waals surface area contributed by atoms with Gasteiger partial charge in [0.1, 0.15) is 6.23 Å². The predicted molar refractivity (Wildman–Crippen MR) is 62.2 cm³/mol. The van der Waals surface area contributed by atoms with Crippen LogP contribution in [0, 0.1) is 5.92 Å². The molecule has 3 atom stereocenters. The Bertz CT molecular complexity index is 128. The summed E-state index contributed by atoms with van der Waals surface area (Å²) in [5.74, 6) is 0.671. The van der Waals surface area contributed by atoms with Gasteiger partial charge in [0.25, 0.3) is 0 Å². The summed E-state index contributed by atoms with van der Waals surface area (Å²) >= 11 is 0. The van der Waals surface area contributed by atoms with Crippen molar-refractivity contribution < 1.29 is 5.11 Å². The Labute approximate surface area is 89.3 Å². The standard InChI is InChI=1S/C12H27NO/c1-6-10(4)9-13(11(5)7-2)12(14)8-3/h10-12,14H,6-9H2,1-5H3/t10-,11?,12?/m1/s1. The van der Waals surface area contributed by atoms with Crippen molar-refractivity contribution in [2.24, 2.45) is 5.92 Å². The Kier molecular flexibility index (Phi) is 7.20. The molecule has 0 aromatic carbocycles. The van der Waals surface area contributed by atoms with Crippen molar-refractivity contribution >= 4 is 0 Å². The van der Waals surface area contributed by atoms with Gasteiger partial charge < -0.3 is 5.11 Å². The molecule has 1 N–H and O–H groups in total. The molecule has 0 bridgehead atoms. The van der Waals surface area contributed by atoms with Gasteiger partial charge in [0.05, 0.1) is 0 Å². The molecular weight excluding hydrogens is 174 g/mol. The van der Waals surface area contributed by atoms with E-state index < -0.39 is 0 Å². The third-order valence-corrected chi connectivity index (χ3v) is 3.12. The van der Waals surface area contributed by atoms with Gasteiger partial charge in [-0.1, -0.05) is 34.1 Å². The summed E-state index contributed by atoms with van der Waals surface area (Å²) in [6.07, 6.45) is 2.84. The minimum atomic E-state index is -0.265. The predicted octanol–water partition coefficient (Wildman–Crippen LogP) is 2.86. The van der Waals surface area contributed by atoms with Crippen molar-refractivity contribution in [1.29, 1.82) is 0 Å². The fourth-order valence-electron chi connectivity index (χ4n) is 1.55. The van der Waals surface area contributed by atoms with Crippen LogP contribution in [0.2, 0.25) is 0 Å². The zero-order valence-electron chi connectivity index (χ0n) is 10.5. The fraction of sp³-hybridized carbons (Fsp3) is 1.00. The van der Waals surface area contributed by atoms with Crippen LogP contribution in [-0.2, 0) is 0 Å². The van der Waals surface area contributed by atoms with Gasteiger partial charge in [-0.2, -0.15) is 0 Å². The smallest absolute Gasteiger partial charge is 0.107 e. The topological polar surface area (TPSA) is 23.5 Å². The van der Waals surface area contributed by atoms with Gasteiger partial charge in [0.15, 0.2) is 0 Å². The molecule has 0 saturated carbocycles. The van der Waals surface area contributed by atoms with Gasteiger partial charge in [0, 0.05) is 12.6 Å². The van der Waals surface area contributed by atoms with Crippen molar-refractivity contribution in [3.05, 3.63) is 0 Å². The Balaban J connectivity index is 4.23. The quantitative estimate of drug-likeness (QED) is 0.640. The first kappa shape index (κ1) is 13.9. The van der Waals surface area contributed by atoms with E-state index in [0.717, 1.165) is 19.4 Å². The van der Waals surface area contributed by atoms with Gasteiger partial charge in [-0.25, -0.2) is 0 Å². The molecule has 0 rings (SSSR count). The van der Waals surface area contributed by atoms with E-state index in [2.05, 4.69) is 32.6 Å². The van der Waals surface area contributed by atoms with E-state index >= 15 is 0 Å². The summed E-state index contributed by atoms with van der Waals surface area (Å²) in [4.78, 5) is 2.23. The van der Waals surface area contributed by atoms with Gasteiger partial charge in [-0.15, -0.1) is 0 Å². The molecule has 2 unspecified atom stereocenters. The molecule has 0 aromatic rings. The minimum absolute atomic E-state index is 0.265. The maximum absolute atomic E-state index is 9.89. The lowest BCUT2D eigenvalue weighted by molar-refractivity contribution is -0.0321. The summed E-state index contributed by atoms with van der Waals surface area (Å²) in [5, 5.41) is 9.89. The molecule has 0 aliphatic carbocycles. The van der Waals surface area contributed by atoms with Crippen LogP contribution in [0.25, 0.3) is 0 Å². The Hall–Kier alpha value is -0.0800. The van der Waals surface area contributed by atoms with Crippen LogP contribution in [-0.4, -0.2) is 28.8 Å². The second kappa shape index (κ2) is 7.24. The molecule has 0 amide bonds. The van der Waals surface area contributed by atoms with Gasteiger partial charge in [-0.3, -0.25) is 4.90 Å². The molecule has 0 radical (unpaired) electrons. The lowest BCUT2D eigenvalue weighted by Gasteiger charge is -2.34. The van der Waals surface area contributed by atoms with Crippen molar-refractivity contribution in [3.8, 4) is 0 Å². The molecule has 0 saturated heterocycles. The molecule has 0 aliphatic heterocycles. The Morgan fingerprint density at radius 3 is 1.93 bits per heavy atom. The highest BCUT2D eigenvalue weighted by Gasteiger charge is 2.20. The van der Waals surface area contributed by atoms with E-state index in [9.17, 15) is 5.11 Å². The number of rotatable bonds is 7. The average Bonchev–Trinajstić information content (AvgIpc) is 2.23. The van der Waals surface area contributed by atoms with Crippen molar-refractivity contribution in [1.82, 2.24) is 4.90 Å². The summed E-state index contributed by atoms with van der Waals surface area (Å²) in [7, 11) is 0. The number of hydrogen-bond donors (Lipinski definition) is 1. The number of aliphatic hydroxyl groups is 1. The van der Waals surface area contributed by atoms with Crippen LogP contribution in [0.5, 0.6) is 0 Å². The second-order valence-electron chi connectivity index (χ2n) is 4.36. The highest BCUT2D eigenvalue weighted by molar-refractivity contribution is 4.70. The maximum Gasteiger partial charge on any atom is 0.107 e. The summed E-state index contributed by atoms with van der Waals surface area (Å²) in [5.41, 5.74) is 0. The molecule has 2 heteroatoms. The number of nitrogens with zero attached hydrogens (tertiary/aromatic N) is 1. The van der Waals surface area contributed by atoms with Gasteiger partial charge >= 0.3 is 0 Å². The molecule has 0 aliphatic rings. The number of hydrogen-bond acceptors (Lipinski definition) is 2. The zero-order chi connectivity index (χ0) is 11.1. The maximum atomic E-state index is 9.89. The molecule has 0 aromatic heterocycles. The van der Waals surface area contributed by atoms with E-state index in [4.69, 9.17) is 0 Å². The third kappa shape index (κ3) is 4.43.